The van der Waals surface area contributed by atoms with E-state index in [-0.39, 0.29) is 6.29 Å². The SMILES string of the molecule is Nc1cc(C(F)F)nc(C=O)c1OC(F)(F)F. The van der Waals surface area contributed by atoms with E-state index in [0.717, 1.165) is 0 Å². The zero-order valence-electron chi connectivity index (χ0n) is 7.96. The van der Waals surface area contributed by atoms with Gasteiger partial charge in [0.2, 0.25) is 0 Å². The summed E-state index contributed by atoms with van der Waals surface area (Å²) in [6, 6.07) is 0.513. The Bertz CT molecular complexity index is 433. The normalized spacial score (nSPS) is 11.6. The lowest BCUT2D eigenvalue weighted by molar-refractivity contribution is -0.274. The van der Waals surface area contributed by atoms with E-state index in [1.165, 1.54) is 0 Å². The average Bonchev–Trinajstić information content (AvgIpc) is 2.18. The fraction of sp³-hybridized carbons (Fsp3) is 0.250. The number of alkyl halides is 5. The number of carbonyl (C=O) groups is 1. The Kier molecular flexibility index (Phi) is 3.49. The fourth-order valence-corrected chi connectivity index (χ4v) is 1.01. The minimum atomic E-state index is -5.10. The molecule has 9 heteroatoms. The van der Waals surface area contributed by atoms with Crippen LogP contribution in [-0.2, 0) is 0 Å². The van der Waals surface area contributed by atoms with Crippen LogP contribution in [0.4, 0.5) is 27.6 Å². The van der Waals surface area contributed by atoms with E-state index in [4.69, 9.17) is 5.73 Å². The summed E-state index contributed by atoms with van der Waals surface area (Å²) >= 11 is 0. The van der Waals surface area contributed by atoms with Crippen LogP contribution in [0, 0.1) is 0 Å². The van der Waals surface area contributed by atoms with E-state index in [0.29, 0.717) is 6.07 Å². The molecule has 0 aliphatic rings. The first-order chi connectivity index (χ1) is 7.74. The van der Waals surface area contributed by atoms with Crippen LogP contribution in [0.5, 0.6) is 5.75 Å². The third-order valence-corrected chi connectivity index (χ3v) is 1.60. The standard InChI is InChI=1S/C8H5F5N2O2/c9-7(10)4-1-3(14)6(5(2-16)15-4)17-8(11,12)13/h1-2,7H,(H2,14,15). The molecule has 0 fully saturated rings. The molecule has 1 aromatic rings. The molecule has 0 aliphatic heterocycles. The Hall–Kier alpha value is -1.93. The highest BCUT2D eigenvalue weighted by Crippen LogP contribution is 2.32. The number of nitrogens with zero attached hydrogens (tertiary/aromatic N) is 1. The molecule has 1 heterocycles. The van der Waals surface area contributed by atoms with E-state index < -0.39 is 35.6 Å². The van der Waals surface area contributed by atoms with Crippen molar-refractivity contribution in [3.8, 4) is 5.75 Å². The molecule has 2 N–H and O–H groups in total. The number of aldehydes is 1. The predicted octanol–water partition coefficient (Wildman–Crippen LogP) is 2.31. The van der Waals surface area contributed by atoms with Gasteiger partial charge >= 0.3 is 6.36 Å². The Morgan fingerprint density at radius 1 is 1.41 bits per heavy atom. The van der Waals surface area contributed by atoms with Gasteiger partial charge in [-0.3, -0.25) is 4.79 Å². The maximum Gasteiger partial charge on any atom is 0.573 e. The number of nitrogens with two attached hydrogens (primary N) is 1. The van der Waals surface area contributed by atoms with Gasteiger partial charge in [0, 0.05) is 0 Å². The number of pyridine rings is 1. The number of hydrogen-bond acceptors (Lipinski definition) is 4. The summed E-state index contributed by atoms with van der Waals surface area (Å²) in [6.07, 6.45) is -8.31. The van der Waals surface area contributed by atoms with E-state index >= 15 is 0 Å². The van der Waals surface area contributed by atoms with Gasteiger partial charge in [-0.05, 0) is 6.07 Å². The lowest BCUT2D eigenvalue weighted by atomic mass is 10.2. The highest BCUT2D eigenvalue weighted by molar-refractivity contribution is 5.80. The van der Waals surface area contributed by atoms with Crippen LogP contribution in [0.15, 0.2) is 6.07 Å². The second-order valence-electron chi connectivity index (χ2n) is 2.82. The third-order valence-electron chi connectivity index (χ3n) is 1.60. The molecular weight excluding hydrogens is 251 g/mol. The maximum absolute atomic E-state index is 12.2. The number of halogens is 5. The lowest BCUT2D eigenvalue weighted by Crippen LogP contribution is -2.20. The summed E-state index contributed by atoms with van der Waals surface area (Å²) in [5.74, 6) is -1.09. The first-order valence-electron chi connectivity index (χ1n) is 4.04. The second kappa shape index (κ2) is 4.52. The van der Waals surface area contributed by atoms with Crippen molar-refractivity contribution in [2.45, 2.75) is 12.8 Å². The fourth-order valence-electron chi connectivity index (χ4n) is 1.01. The van der Waals surface area contributed by atoms with E-state index in [1.807, 2.05) is 0 Å². The van der Waals surface area contributed by atoms with E-state index in [1.54, 1.807) is 0 Å². The topological polar surface area (TPSA) is 65.2 Å². The van der Waals surface area contributed by atoms with Crippen molar-refractivity contribution in [2.24, 2.45) is 0 Å². The minimum Gasteiger partial charge on any atom is -0.401 e. The van der Waals surface area contributed by atoms with Gasteiger partial charge in [0.1, 0.15) is 11.4 Å². The number of aromatic nitrogens is 1. The van der Waals surface area contributed by atoms with Gasteiger partial charge < -0.3 is 10.5 Å². The zero-order chi connectivity index (χ0) is 13.2. The van der Waals surface area contributed by atoms with E-state index in [2.05, 4.69) is 9.72 Å². The van der Waals surface area contributed by atoms with Crippen molar-refractivity contribution in [3.63, 3.8) is 0 Å². The van der Waals surface area contributed by atoms with Crippen molar-refractivity contribution in [1.82, 2.24) is 4.98 Å². The molecule has 0 saturated heterocycles. The quantitative estimate of drug-likeness (QED) is 0.665. The van der Waals surface area contributed by atoms with Crippen molar-refractivity contribution in [3.05, 3.63) is 17.5 Å². The number of hydrogen-bond donors (Lipinski definition) is 1. The zero-order valence-corrected chi connectivity index (χ0v) is 7.96. The van der Waals surface area contributed by atoms with Gasteiger partial charge in [0.15, 0.2) is 12.0 Å². The average molecular weight is 256 g/mol. The summed E-state index contributed by atoms with van der Waals surface area (Å²) in [7, 11) is 0. The van der Waals surface area contributed by atoms with Crippen LogP contribution < -0.4 is 10.5 Å². The summed E-state index contributed by atoms with van der Waals surface area (Å²) in [5, 5.41) is 0. The first-order valence-corrected chi connectivity index (χ1v) is 4.04. The summed E-state index contributed by atoms with van der Waals surface area (Å²) in [4.78, 5) is 13.4. The summed E-state index contributed by atoms with van der Waals surface area (Å²) < 4.78 is 63.7. The molecular formula is C8H5F5N2O2. The van der Waals surface area contributed by atoms with Gasteiger partial charge in [-0.25, -0.2) is 13.8 Å². The molecule has 0 aromatic carbocycles. The number of anilines is 1. The van der Waals surface area contributed by atoms with Crippen LogP contribution in [0.2, 0.25) is 0 Å². The molecule has 0 amide bonds. The smallest absolute Gasteiger partial charge is 0.401 e. The number of ether oxygens (including phenoxy) is 1. The Balaban J connectivity index is 3.26. The summed E-state index contributed by atoms with van der Waals surface area (Å²) in [5.41, 5.74) is 2.51. The molecule has 1 aromatic heterocycles. The van der Waals surface area contributed by atoms with Crippen molar-refractivity contribution in [2.75, 3.05) is 5.73 Å². The van der Waals surface area contributed by atoms with Gasteiger partial charge in [0.25, 0.3) is 6.43 Å². The second-order valence-corrected chi connectivity index (χ2v) is 2.82. The first kappa shape index (κ1) is 13.1. The van der Waals surface area contributed by atoms with Crippen LogP contribution in [0.25, 0.3) is 0 Å². The molecule has 17 heavy (non-hydrogen) atoms. The van der Waals surface area contributed by atoms with Gasteiger partial charge in [-0.2, -0.15) is 0 Å². The highest BCUT2D eigenvalue weighted by Gasteiger charge is 2.34. The molecule has 0 atom stereocenters. The Morgan fingerprint density at radius 3 is 2.41 bits per heavy atom. The van der Waals surface area contributed by atoms with Crippen LogP contribution >= 0.6 is 0 Å². The largest absolute Gasteiger partial charge is 0.573 e. The minimum absolute atomic E-state index is 0.149. The molecule has 0 unspecified atom stereocenters. The van der Waals surface area contributed by atoms with Gasteiger partial charge in [-0.1, -0.05) is 0 Å². The molecule has 94 valence electrons. The number of rotatable bonds is 3. The Morgan fingerprint density at radius 2 is 2.00 bits per heavy atom. The van der Waals surface area contributed by atoms with Gasteiger partial charge in [0.05, 0.1) is 5.69 Å². The van der Waals surface area contributed by atoms with Crippen molar-refractivity contribution >= 4 is 12.0 Å². The molecule has 0 saturated carbocycles. The molecule has 0 radical (unpaired) electrons. The molecule has 0 aliphatic carbocycles. The summed E-state index contributed by atoms with van der Waals surface area (Å²) in [6.45, 7) is 0. The predicted molar refractivity (Wildman–Crippen MR) is 45.7 cm³/mol. The van der Waals surface area contributed by atoms with Crippen molar-refractivity contribution < 1.29 is 31.5 Å². The molecule has 4 nitrogen and oxygen atoms in total. The highest BCUT2D eigenvalue weighted by atomic mass is 19.4. The van der Waals surface area contributed by atoms with Crippen LogP contribution in [-0.4, -0.2) is 17.6 Å². The molecule has 0 bridgehead atoms. The Labute approximate surface area is 91.2 Å². The van der Waals surface area contributed by atoms with E-state index in [9.17, 15) is 26.7 Å². The van der Waals surface area contributed by atoms with Crippen LogP contribution in [0.3, 0.4) is 0 Å². The number of nitrogen functional groups attached to an aromatic ring is 1. The maximum atomic E-state index is 12.2. The van der Waals surface area contributed by atoms with Gasteiger partial charge in [-0.15, -0.1) is 13.2 Å². The number of carbonyl (C=O) groups excluding carboxylic acids is 1. The van der Waals surface area contributed by atoms with Crippen LogP contribution in [0.1, 0.15) is 22.6 Å². The lowest BCUT2D eigenvalue weighted by Gasteiger charge is -2.13. The third kappa shape index (κ3) is 3.26. The molecule has 0 spiro atoms. The monoisotopic (exact) mass is 256 g/mol. The van der Waals surface area contributed by atoms with Crippen molar-refractivity contribution in [1.29, 1.82) is 0 Å². The molecule has 1 rings (SSSR count).